The lowest BCUT2D eigenvalue weighted by molar-refractivity contribution is -0.170. The van der Waals surface area contributed by atoms with Crippen LogP contribution in [-0.2, 0) is 29.9 Å². The average Bonchev–Trinajstić information content (AvgIpc) is 3.30. The van der Waals surface area contributed by atoms with Gasteiger partial charge in [0.15, 0.2) is 14.1 Å². The second kappa shape index (κ2) is 11.8. The molecule has 2 aliphatic rings. The number of fused-ring (bicyclic) bond motifs is 1. The van der Waals surface area contributed by atoms with E-state index < -0.39 is 26.3 Å². The molecular weight excluding hydrogens is 484 g/mol. The molecule has 0 aliphatic carbocycles. The fourth-order valence-corrected chi connectivity index (χ4v) is 5.79. The van der Waals surface area contributed by atoms with E-state index in [1.807, 2.05) is 32.0 Å². The van der Waals surface area contributed by atoms with E-state index in [-0.39, 0.29) is 28.9 Å². The van der Waals surface area contributed by atoms with Crippen LogP contribution in [0.2, 0.25) is 18.1 Å². The third-order valence-electron chi connectivity index (χ3n) is 7.81. The van der Waals surface area contributed by atoms with Gasteiger partial charge in [-0.2, -0.15) is 0 Å². The van der Waals surface area contributed by atoms with Gasteiger partial charge in [-0.05, 0) is 50.4 Å². The zero-order valence-electron chi connectivity index (χ0n) is 23.7. The lowest BCUT2D eigenvalue weighted by Crippen LogP contribution is -2.52. The predicted molar refractivity (Wildman–Crippen MR) is 149 cm³/mol. The summed E-state index contributed by atoms with van der Waals surface area (Å²) in [6.07, 6.45) is 2.58. The molecule has 1 N–H and O–H groups in total. The maximum Gasteiger partial charge on any atom is 0.245 e. The highest BCUT2D eigenvalue weighted by Crippen LogP contribution is 2.38. The second-order valence-electron chi connectivity index (χ2n) is 12.3. The average molecular weight is 531 g/mol. The second-order valence-corrected chi connectivity index (χ2v) is 17.1. The van der Waals surface area contributed by atoms with E-state index in [2.05, 4.69) is 57.9 Å². The van der Waals surface area contributed by atoms with Gasteiger partial charge in [0.05, 0.1) is 6.54 Å². The van der Waals surface area contributed by atoms with Crippen molar-refractivity contribution < 1.29 is 23.5 Å². The monoisotopic (exact) mass is 530 g/mol. The van der Waals surface area contributed by atoms with Gasteiger partial charge >= 0.3 is 0 Å². The maximum absolute atomic E-state index is 13.6. The molecule has 0 unspecified atom stereocenters. The Labute approximate surface area is 224 Å². The van der Waals surface area contributed by atoms with Gasteiger partial charge in [0.1, 0.15) is 18.2 Å². The van der Waals surface area contributed by atoms with Gasteiger partial charge in [0, 0.05) is 25.5 Å². The van der Waals surface area contributed by atoms with E-state index in [0.717, 1.165) is 6.42 Å². The number of hydrogen-bond acceptors (Lipinski definition) is 5. The van der Waals surface area contributed by atoms with Gasteiger partial charge in [-0.1, -0.05) is 57.2 Å². The number of allylic oxidation sites excluding steroid dienone is 1. The first kappa shape index (κ1) is 29.6. The van der Waals surface area contributed by atoms with E-state index >= 15 is 0 Å². The maximum atomic E-state index is 13.6. The van der Waals surface area contributed by atoms with Crippen LogP contribution >= 0.6 is 0 Å². The van der Waals surface area contributed by atoms with Gasteiger partial charge in [0.2, 0.25) is 11.8 Å². The summed E-state index contributed by atoms with van der Waals surface area (Å²) in [4.78, 5) is 28.2. The molecule has 2 aliphatic heterocycles. The molecule has 2 amide bonds. The lowest BCUT2D eigenvalue weighted by Gasteiger charge is -2.37. The molecule has 8 heteroatoms. The third kappa shape index (κ3) is 7.53. The summed E-state index contributed by atoms with van der Waals surface area (Å²) in [6, 6.07) is 9.56. The Morgan fingerprint density at radius 3 is 2.54 bits per heavy atom. The molecule has 0 aromatic heterocycles. The molecule has 0 spiro atoms. The standard InChI is InChI=1S/C29H46N2O5Si/c1-9-10-16-24(32)31-19-23-26(36-29(5,6)35-23)25(31)27(33)30-18-22(17-21-14-12-11-13-15-21)20-34-37(7,8)28(2,3)4/h9,11-15,22-23,25-26H,1,10,16-20H2,2-8H3,(H,30,33)/t22-,23+,25+,26+/m0/s1. The fourth-order valence-electron chi connectivity index (χ4n) is 4.70. The van der Waals surface area contributed by atoms with E-state index in [1.165, 1.54) is 5.56 Å². The van der Waals surface area contributed by atoms with Crippen LogP contribution in [0.5, 0.6) is 0 Å². The quantitative estimate of drug-likeness (QED) is 0.332. The Balaban J connectivity index is 1.73. The number of benzene rings is 1. The first-order chi connectivity index (χ1) is 17.2. The number of nitrogens with zero attached hydrogens (tertiary/aromatic N) is 1. The Hall–Kier alpha value is -2.00. The molecule has 7 nitrogen and oxygen atoms in total. The molecule has 0 saturated carbocycles. The van der Waals surface area contributed by atoms with E-state index in [1.54, 1.807) is 11.0 Å². The molecular formula is C29H46N2O5Si. The van der Waals surface area contributed by atoms with Crippen molar-refractivity contribution in [2.24, 2.45) is 5.92 Å². The number of rotatable bonds is 11. The summed E-state index contributed by atoms with van der Waals surface area (Å²) >= 11 is 0. The normalized spacial score (nSPS) is 24.0. The molecule has 1 aromatic carbocycles. The van der Waals surface area contributed by atoms with Crippen LogP contribution in [0, 0.1) is 5.92 Å². The van der Waals surface area contributed by atoms with Crippen molar-refractivity contribution in [2.45, 2.75) is 96.1 Å². The van der Waals surface area contributed by atoms with Gasteiger partial charge in [-0.25, -0.2) is 0 Å². The Bertz CT molecular complexity index is 943. The molecule has 0 radical (unpaired) electrons. The zero-order valence-corrected chi connectivity index (χ0v) is 24.7. The minimum absolute atomic E-state index is 0.0819. The van der Waals surface area contributed by atoms with E-state index in [0.29, 0.717) is 32.5 Å². The summed E-state index contributed by atoms with van der Waals surface area (Å²) < 4.78 is 18.7. The van der Waals surface area contributed by atoms with Crippen LogP contribution < -0.4 is 5.32 Å². The van der Waals surface area contributed by atoms with Gasteiger partial charge in [0.25, 0.3) is 0 Å². The Morgan fingerprint density at radius 2 is 1.92 bits per heavy atom. The molecule has 3 rings (SSSR count). The van der Waals surface area contributed by atoms with Crippen LogP contribution in [0.1, 0.15) is 53.0 Å². The molecule has 0 bridgehead atoms. The predicted octanol–water partition coefficient (Wildman–Crippen LogP) is 4.68. The summed E-state index contributed by atoms with van der Waals surface area (Å²) in [5.41, 5.74) is 1.21. The van der Waals surface area contributed by atoms with Gasteiger partial charge in [-0.3, -0.25) is 9.59 Å². The Kier molecular flexibility index (Phi) is 9.43. The minimum atomic E-state index is -1.95. The zero-order chi connectivity index (χ0) is 27.4. The molecule has 1 aromatic rings. The first-order valence-electron chi connectivity index (χ1n) is 13.5. The summed E-state index contributed by atoms with van der Waals surface area (Å²) in [5.74, 6) is -0.968. The summed E-state index contributed by atoms with van der Waals surface area (Å²) in [6.45, 7) is 20.0. The fraction of sp³-hybridized carbons (Fsp3) is 0.655. The number of ether oxygens (including phenoxy) is 2. The van der Waals surface area contributed by atoms with Gasteiger partial charge < -0.3 is 24.1 Å². The molecule has 37 heavy (non-hydrogen) atoms. The molecule has 2 saturated heterocycles. The van der Waals surface area contributed by atoms with Crippen LogP contribution in [0.4, 0.5) is 0 Å². The highest BCUT2D eigenvalue weighted by atomic mass is 28.4. The van der Waals surface area contributed by atoms with Crippen molar-refractivity contribution in [3.63, 3.8) is 0 Å². The largest absolute Gasteiger partial charge is 0.416 e. The number of hydrogen-bond donors (Lipinski definition) is 1. The van der Waals surface area contributed by atoms with Crippen molar-refractivity contribution in [1.29, 1.82) is 0 Å². The number of carbonyl (C=O) groups is 2. The van der Waals surface area contributed by atoms with Crippen molar-refractivity contribution in [2.75, 3.05) is 19.7 Å². The first-order valence-corrected chi connectivity index (χ1v) is 16.4. The number of nitrogens with one attached hydrogen (secondary N) is 1. The molecule has 206 valence electrons. The van der Waals surface area contributed by atoms with Crippen molar-refractivity contribution in [3.05, 3.63) is 48.6 Å². The lowest BCUT2D eigenvalue weighted by atomic mass is 10.00. The van der Waals surface area contributed by atoms with Gasteiger partial charge in [-0.15, -0.1) is 6.58 Å². The molecule has 2 heterocycles. The number of carbonyl (C=O) groups excluding carboxylic acids is 2. The number of amides is 2. The minimum Gasteiger partial charge on any atom is -0.416 e. The van der Waals surface area contributed by atoms with Crippen molar-refractivity contribution >= 4 is 20.1 Å². The number of likely N-dealkylation sites (tertiary alicyclic amines) is 1. The molecule has 4 atom stereocenters. The smallest absolute Gasteiger partial charge is 0.245 e. The topological polar surface area (TPSA) is 77.1 Å². The van der Waals surface area contributed by atoms with Crippen molar-refractivity contribution in [1.82, 2.24) is 10.2 Å². The van der Waals surface area contributed by atoms with Crippen LogP contribution in [0.25, 0.3) is 0 Å². The van der Waals surface area contributed by atoms with Crippen LogP contribution in [-0.4, -0.2) is 68.8 Å². The molecule has 2 fully saturated rings. The highest BCUT2D eigenvalue weighted by molar-refractivity contribution is 6.74. The Morgan fingerprint density at radius 1 is 1.24 bits per heavy atom. The van der Waals surface area contributed by atoms with Crippen molar-refractivity contribution in [3.8, 4) is 0 Å². The summed E-state index contributed by atoms with van der Waals surface area (Å²) in [7, 11) is -1.95. The van der Waals surface area contributed by atoms with E-state index in [4.69, 9.17) is 13.9 Å². The summed E-state index contributed by atoms with van der Waals surface area (Å²) in [5, 5.41) is 3.25. The van der Waals surface area contributed by atoms with Crippen LogP contribution in [0.3, 0.4) is 0 Å². The SMILES string of the molecule is C=CCCC(=O)N1C[C@H]2OC(C)(C)O[C@H]2[C@@H]1C(=O)NC[C@@H](CO[Si](C)(C)C(C)(C)C)Cc1ccccc1. The van der Waals surface area contributed by atoms with E-state index in [9.17, 15) is 9.59 Å². The van der Waals surface area contributed by atoms with Crippen LogP contribution in [0.15, 0.2) is 43.0 Å². The highest BCUT2D eigenvalue weighted by Gasteiger charge is 2.56. The third-order valence-corrected chi connectivity index (χ3v) is 12.3.